The van der Waals surface area contributed by atoms with E-state index in [1.165, 1.54) is 0 Å². The van der Waals surface area contributed by atoms with Crippen molar-refractivity contribution < 1.29 is 17.9 Å². The molecular formula is C22H28N4O4S. The molecule has 9 heteroatoms. The van der Waals surface area contributed by atoms with Crippen LogP contribution in [-0.2, 0) is 20.3 Å². The van der Waals surface area contributed by atoms with Crippen LogP contribution in [0.15, 0.2) is 29.2 Å². The molecule has 0 radical (unpaired) electrons. The Hall–Kier alpha value is -2.23. The molecule has 4 heterocycles. The first-order valence-corrected chi connectivity index (χ1v) is 12.6. The maximum absolute atomic E-state index is 13.4. The van der Waals surface area contributed by atoms with Gasteiger partial charge < -0.3 is 14.5 Å². The largest absolute Gasteiger partial charge is 0.378 e. The highest BCUT2D eigenvalue weighted by atomic mass is 32.2. The molecular weight excluding hydrogens is 416 g/mol. The Bertz CT molecular complexity index is 1100. The predicted molar refractivity (Wildman–Crippen MR) is 116 cm³/mol. The zero-order chi connectivity index (χ0) is 21.6. The number of sulfone groups is 1. The van der Waals surface area contributed by atoms with Crippen molar-refractivity contribution in [1.82, 2.24) is 19.6 Å². The van der Waals surface area contributed by atoms with Crippen LogP contribution >= 0.6 is 0 Å². The summed E-state index contributed by atoms with van der Waals surface area (Å²) in [4.78, 5) is 17.8. The Labute approximate surface area is 182 Å². The van der Waals surface area contributed by atoms with E-state index < -0.39 is 9.84 Å². The second-order valence-corrected chi connectivity index (χ2v) is 10.6. The van der Waals surface area contributed by atoms with Crippen molar-refractivity contribution in [3.63, 3.8) is 0 Å². The molecule has 0 bridgehead atoms. The molecule has 0 saturated carbocycles. The molecule has 5 rings (SSSR count). The van der Waals surface area contributed by atoms with Crippen LogP contribution in [0.3, 0.4) is 0 Å². The molecule has 3 aliphatic heterocycles. The van der Waals surface area contributed by atoms with Crippen molar-refractivity contribution in [2.75, 3.05) is 46.4 Å². The number of nitrogens with zero attached hydrogens (tertiary/aromatic N) is 4. The molecule has 31 heavy (non-hydrogen) atoms. The second-order valence-electron chi connectivity index (χ2n) is 8.67. The molecule has 1 aromatic carbocycles. The highest BCUT2D eigenvalue weighted by Crippen LogP contribution is 2.42. The number of fused-ring (bicyclic) bond motifs is 3. The number of hydrogen-bond acceptors (Lipinski definition) is 6. The van der Waals surface area contributed by atoms with E-state index in [4.69, 9.17) is 9.84 Å². The van der Waals surface area contributed by atoms with Crippen LogP contribution in [0.25, 0.3) is 11.3 Å². The van der Waals surface area contributed by atoms with Gasteiger partial charge in [-0.1, -0.05) is 18.2 Å². The van der Waals surface area contributed by atoms with Gasteiger partial charge in [0, 0.05) is 24.2 Å². The number of benzene rings is 1. The number of likely N-dealkylation sites (tertiary alicyclic amines) is 1. The minimum absolute atomic E-state index is 0.138. The number of rotatable bonds is 2. The number of amides is 1. The summed E-state index contributed by atoms with van der Waals surface area (Å²) in [6.45, 7) is 3.96. The molecule has 0 aliphatic carbocycles. The number of ether oxygens (including phenoxy) is 1. The standard InChI is InChI=1S/C22H28N4O4S/c1-24-9-4-5-16(8-10-24)26-21-17-6-2-3-7-19(17)31(28,29)15-18(21)20(23-26)22(27)25-11-13-30-14-12-25/h2-3,6-7,16H,4-5,8-15H2,1H3. The van der Waals surface area contributed by atoms with E-state index in [1.54, 1.807) is 17.0 Å². The Morgan fingerprint density at radius 1 is 1.10 bits per heavy atom. The van der Waals surface area contributed by atoms with Crippen LogP contribution in [-0.4, -0.2) is 80.3 Å². The molecule has 2 saturated heterocycles. The van der Waals surface area contributed by atoms with Gasteiger partial charge in [0.15, 0.2) is 15.5 Å². The number of aromatic nitrogens is 2. The lowest BCUT2D eigenvalue weighted by molar-refractivity contribution is 0.0297. The molecule has 1 aromatic heterocycles. The summed E-state index contributed by atoms with van der Waals surface area (Å²) in [5.74, 6) is -0.379. The Morgan fingerprint density at radius 3 is 2.68 bits per heavy atom. The molecule has 166 valence electrons. The number of hydrogen-bond donors (Lipinski definition) is 0. The van der Waals surface area contributed by atoms with Crippen molar-refractivity contribution >= 4 is 15.7 Å². The third-order valence-electron chi connectivity index (χ3n) is 6.59. The van der Waals surface area contributed by atoms with Crippen molar-refractivity contribution in [3.8, 4) is 11.3 Å². The minimum Gasteiger partial charge on any atom is -0.378 e. The van der Waals surface area contributed by atoms with Gasteiger partial charge in [-0.3, -0.25) is 9.48 Å². The summed E-state index contributed by atoms with van der Waals surface area (Å²) in [6, 6.07) is 7.25. The highest BCUT2D eigenvalue weighted by molar-refractivity contribution is 7.90. The van der Waals surface area contributed by atoms with E-state index in [2.05, 4.69) is 11.9 Å². The van der Waals surface area contributed by atoms with E-state index in [0.717, 1.165) is 38.0 Å². The molecule has 1 atom stereocenters. The van der Waals surface area contributed by atoms with Gasteiger partial charge >= 0.3 is 0 Å². The van der Waals surface area contributed by atoms with Crippen molar-refractivity contribution in [1.29, 1.82) is 0 Å². The Balaban J connectivity index is 1.66. The molecule has 2 aromatic rings. The summed E-state index contributed by atoms with van der Waals surface area (Å²) in [5.41, 5.74) is 2.30. The fraction of sp³-hybridized carbons (Fsp3) is 0.545. The van der Waals surface area contributed by atoms with E-state index in [-0.39, 0.29) is 23.4 Å². The topological polar surface area (TPSA) is 84.7 Å². The minimum atomic E-state index is -3.53. The van der Waals surface area contributed by atoms with Gasteiger partial charge in [-0.05, 0) is 45.5 Å². The summed E-state index contributed by atoms with van der Waals surface area (Å²) >= 11 is 0. The van der Waals surface area contributed by atoms with Gasteiger partial charge in [0.05, 0.1) is 35.6 Å². The number of carbonyl (C=O) groups is 1. The molecule has 3 aliphatic rings. The lowest BCUT2D eigenvalue weighted by atomic mass is 10.0. The van der Waals surface area contributed by atoms with Crippen molar-refractivity contribution in [2.45, 2.75) is 36.0 Å². The SMILES string of the molecule is CN1CCCC(n2nc(C(=O)N3CCOCC3)c3c2-c2ccccc2S(=O)(=O)C3)CC1. The number of morpholine rings is 1. The van der Waals surface area contributed by atoms with Gasteiger partial charge in [0.1, 0.15) is 0 Å². The highest BCUT2D eigenvalue weighted by Gasteiger charge is 2.38. The maximum atomic E-state index is 13.4. The zero-order valence-electron chi connectivity index (χ0n) is 17.8. The first kappa shape index (κ1) is 20.7. The smallest absolute Gasteiger partial charge is 0.274 e. The normalized spacial score (nSPS) is 23.6. The molecule has 8 nitrogen and oxygen atoms in total. The summed E-state index contributed by atoms with van der Waals surface area (Å²) in [7, 11) is -1.41. The van der Waals surface area contributed by atoms with Crippen LogP contribution < -0.4 is 0 Å². The van der Waals surface area contributed by atoms with E-state index >= 15 is 0 Å². The van der Waals surface area contributed by atoms with Crippen LogP contribution in [0.1, 0.15) is 41.4 Å². The van der Waals surface area contributed by atoms with E-state index in [1.807, 2.05) is 16.8 Å². The average Bonchev–Trinajstić information content (AvgIpc) is 3.00. The van der Waals surface area contributed by atoms with Crippen LogP contribution in [0.5, 0.6) is 0 Å². The second kappa shape index (κ2) is 8.03. The summed E-state index contributed by atoms with van der Waals surface area (Å²) in [6.07, 6.45) is 2.92. The van der Waals surface area contributed by atoms with E-state index in [9.17, 15) is 13.2 Å². The first-order chi connectivity index (χ1) is 15.0. The number of carbonyl (C=O) groups excluding carboxylic acids is 1. The average molecular weight is 445 g/mol. The fourth-order valence-corrected chi connectivity index (χ4v) is 6.51. The Kier molecular flexibility index (Phi) is 5.35. The Morgan fingerprint density at radius 2 is 1.87 bits per heavy atom. The van der Waals surface area contributed by atoms with Crippen LogP contribution in [0, 0.1) is 0 Å². The van der Waals surface area contributed by atoms with Gasteiger partial charge in [0.2, 0.25) is 0 Å². The monoisotopic (exact) mass is 444 g/mol. The van der Waals surface area contributed by atoms with Gasteiger partial charge in [-0.25, -0.2) is 8.42 Å². The quantitative estimate of drug-likeness (QED) is 0.704. The molecule has 2 fully saturated rings. The van der Waals surface area contributed by atoms with Gasteiger partial charge in [-0.2, -0.15) is 5.10 Å². The van der Waals surface area contributed by atoms with E-state index in [0.29, 0.717) is 42.3 Å². The third kappa shape index (κ3) is 3.68. The van der Waals surface area contributed by atoms with Crippen LogP contribution in [0.2, 0.25) is 0 Å². The molecule has 1 amide bonds. The van der Waals surface area contributed by atoms with Gasteiger partial charge in [0.25, 0.3) is 5.91 Å². The summed E-state index contributed by atoms with van der Waals surface area (Å²) in [5, 5.41) is 4.82. The lowest BCUT2D eigenvalue weighted by Gasteiger charge is -2.26. The first-order valence-electron chi connectivity index (χ1n) is 10.9. The maximum Gasteiger partial charge on any atom is 0.274 e. The fourth-order valence-electron chi connectivity index (χ4n) is 4.91. The van der Waals surface area contributed by atoms with Crippen LogP contribution in [0.4, 0.5) is 0 Å². The van der Waals surface area contributed by atoms with Gasteiger partial charge in [-0.15, -0.1) is 0 Å². The zero-order valence-corrected chi connectivity index (χ0v) is 18.6. The lowest BCUT2D eigenvalue weighted by Crippen LogP contribution is -2.41. The third-order valence-corrected chi connectivity index (χ3v) is 8.28. The molecule has 0 N–H and O–H groups in total. The summed E-state index contributed by atoms with van der Waals surface area (Å²) < 4.78 is 33.5. The molecule has 0 spiro atoms. The molecule has 1 unspecified atom stereocenters. The van der Waals surface area contributed by atoms with Crippen molar-refractivity contribution in [3.05, 3.63) is 35.5 Å². The van der Waals surface area contributed by atoms with Crippen molar-refractivity contribution in [2.24, 2.45) is 0 Å². The predicted octanol–water partition coefficient (Wildman–Crippen LogP) is 1.97.